The zero-order valence-corrected chi connectivity index (χ0v) is 14.4. The zero-order chi connectivity index (χ0) is 16.7. The minimum atomic E-state index is -3.69. The topological polar surface area (TPSA) is 98.0 Å². The molecule has 4 rings (SSSR count). The third-order valence-electron chi connectivity index (χ3n) is 4.32. The first kappa shape index (κ1) is 15.5. The SMILES string of the molecule is Nc1ccc2c(c1)CCCC2NS(=O)(=O)c1cccc2nsnc12. The number of hydrogen-bond donors (Lipinski definition) is 2. The van der Waals surface area contributed by atoms with E-state index >= 15 is 0 Å². The summed E-state index contributed by atoms with van der Waals surface area (Å²) in [7, 11) is -3.69. The summed E-state index contributed by atoms with van der Waals surface area (Å²) < 4.78 is 36.9. The Morgan fingerprint density at radius 2 is 2.08 bits per heavy atom. The zero-order valence-electron chi connectivity index (χ0n) is 12.8. The van der Waals surface area contributed by atoms with Crippen molar-refractivity contribution >= 4 is 38.5 Å². The molecule has 0 saturated heterocycles. The lowest BCUT2D eigenvalue weighted by Gasteiger charge is -2.26. The molecule has 3 aromatic rings. The van der Waals surface area contributed by atoms with Crippen LogP contribution in [0.5, 0.6) is 0 Å². The minimum absolute atomic E-state index is 0.177. The predicted octanol–water partition coefficient (Wildman–Crippen LogP) is 2.63. The van der Waals surface area contributed by atoms with Gasteiger partial charge in [0.2, 0.25) is 10.0 Å². The summed E-state index contributed by atoms with van der Waals surface area (Å²) in [5, 5.41) is 0. The summed E-state index contributed by atoms with van der Waals surface area (Å²) >= 11 is 1.01. The van der Waals surface area contributed by atoms with E-state index in [0.717, 1.165) is 42.1 Å². The third kappa shape index (κ3) is 2.66. The van der Waals surface area contributed by atoms with Gasteiger partial charge in [-0.25, -0.2) is 13.1 Å². The van der Waals surface area contributed by atoms with Crippen molar-refractivity contribution in [1.82, 2.24) is 13.5 Å². The molecule has 1 atom stereocenters. The molecule has 0 radical (unpaired) electrons. The summed E-state index contributed by atoms with van der Waals surface area (Å²) in [6.07, 6.45) is 2.61. The van der Waals surface area contributed by atoms with E-state index in [9.17, 15) is 8.42 Å². The molecule has 0 saturated carbocycles. The number of nitrogens with zero attached hydrogens (tertiary/aromatic N) is 2. The van der Waals surface area contributed by atoms with Gasteiger partial charge in [0.15, 0.2) is 0 Å². The first-order valence-electron chi connectivity index (χ1n) is 7.66. The van der Waals surface area contributed by atoms with Crippen molar-refractivity contribution in [2.75, 3.05) is 5.73 Å². The van der Waals surface area contributed by atoms with Crippen LogP contribution in [0.15, 0.2) is 41.3 Å². The van der Waals surface area contributed by atoms with Crippen LogP contribution < -0.4 is 10.5 Å². The van der Waals surface area contributed by atoms with Gasteiger partial charge in [-0.3, -0.25) is 0 Å². The van der Waals surface area contributed by atoms with Gasteiger partial charge in [0.1, 0.15) is 15.9 Å². The molecule has 0 spiro atoms. The average Bonchev–Trinajstić information content (AvgIpc) is 3.02. The lowest BCUT2D eigenvalue weighted by molar-refractivity contribution is 0.508. The number of nitrogens with two attached hydrogens (primary N) is 1. The van der Waals surface area contributed by atoms with Crippen LogP contribution in [0.1, 0.15) is 30.0 Å². The summed E-state index contributed by atoms with van der Waals surface area (Å²) in [4.78, 5) is 0.177. The molecule has 24 heavy (non-hydrogen) atoms. The van der Waals surface area contributed by atoms with Gasteiger partial charge < -0.3 is 5.73 Å². The van der Waals surface area contributed by atoms with Crippen molar-refractivity contribution in [2.45, 2.75) is 30.2 Å². The number of aryl methyl sites for hydroxylation is 1. The van der Waals surface area contributed by atoms with Gasteiger partial charge in [-0.05, 0) is 54.7 Å². The standard InChI is InChI=1S/C16H16N4O2S2/c17-11-7-8-12-10(9-11)3-1-4-13(12)20-24(21,22)15-6-2-5-14-16(15)19-23-18-14/h2,5-9,13,20H,1,3-4,17H2. The van der Waals surface area contributed by atoms with Gasteiger partial charge >= 0.3 is 0 Å². The maximum atomic E-state index is 12.9. The third-order valence-corrected chi connectivity index (χ3v) is 6.36. The Bertz CT molecular complexity index is 1010. The number of benzene rings is 2. The molecule has 1 heterocycles. The maximum absolute atomic E-state index is 12.9. The fourth-order valence-electron chi connectivity index (χ4n) is 3.21. The minimum Gasteiger partial charge on any atom is -0.399 e. The molecule has 0 bridgehead atoms. The highest BCUT2D eigenvalue weighted by Gasteiger charge is 2.27. The quantitative estimate of drug-likeness (QED) is 0.700. The average molecular weight is 360 g/mol. The monoisotopic (exact) mass is 360 g/mol. The van der Waals surface area contributed by atoms with E-state index in [1.54, 1.807) is 18.2 Å². The normalized spacial score (nSPS) is 17.8. The van der Waals surface area contributed by atoms with E-state index in [1.807, 2.05) is 18.2 Å². The van der Waals surface area contributed by atoms with Crippen LogP contribution in [0.25, 0.3) is 11.0 Å². The highest BCUT2D eigenvalue weighted by molar-refractivity contribution is 7.89. The largest absolute Gasteiger partial charge is 0.399 e. The Morgan fingerprint density at radius 3 is 2.96 bits per heavy atom. The Labute approximate surface area is 144 Å². The first-order chi connectivity index (χ1) is 11.5. The summed E-state index contributed by atoms with van der Waals surface area (Å²) in [5.41, 5.74) is 9.68. The van der Waals surface area contributed by atoms with Gasteiger partial charge in [0, 0.05) is 11.7 Å². The number of anilines is 1. The summed E-state index contributed by atoms with van der Waals surface area (Å²) in [5.74, 6) is 0. The van der Waals surface area contributed by atoms with Gasteiger partial charge in [0.05, 0.1) is 11.7 Å². The number of sulfonamides is 1. The van der Waals surface area contributed by atoms with Gasteiger partial charge in [-0.2, -0.15) is 8.75 Å². The van der Waals surface area contributed by atoms with E-state index in [0.29, 0.717) is 16.7 Å². The Kier molecular flexibility index (Phi) is 3.75. The van der Waals surface area contributed by atoms with Crippen molar-refractivity contribution in [2.24, 2.45) is 0 Å². The Hall–Kier alpha value is -2.03. The van der Waals surface area contributed by atoms with Crippen molar-refractivity contribution in [3.8, 4) is 0 Å². The number of nitrogens with one attached hydrogen (secondary N) is 1. The predicted molar refractivity (Wildman–Crippen MR) is 94.3 cm³/mol. The molecular formula is C16H16N4O2S2. The van der Waals surface area contributed by atoms with Crippen LogP contribution in [0.4, 0.5) is 5.69 Å². The van der Waals surface area contributed by atoms with Crippen LogP contribution in [-0.2, 0) is 16.4 Å². The smallest absolute Gasteiger partial charge is 0.243 e. The van der Waals surface area contributed by atoms with Crippen LogP contribution in [0.2, 0.25) is 0 Å². The molecule has 3 N–H and O–H groups in total. The molecule has 0 aliphatic heterocycles. The summed E-state index contributed by atoms with van der Waals surface area (Å²) in [6, 6.07) is 10.4. The number of rotatable bonds is 3. The second-order valence-electron chi connectivity index (χ2n) is 5.91. The van der Waals surface area contributed by atoms with Crippen molar-refractivity contribution in [3.05, 3.63) is 47.5 Å². The Morgan fingerprint density at radius 1 is 1.21 bits per heavy atom. The second kappa shape index (κ2) is 5.80. The molecular weight excluding hydrogens is 344 g/mol. The molecule has 1 unspecified atom stereocenters. The second-order valence-corrected chi connectivity index (χ2v) is 8.12. The number of nitrogen functional groups attached to an aromatic ring is 1. The van der Waals surface area contributed by atoms with E-state index < -0.39 is 10.0 Å². The van der Waals surface area contributed by atoms with Crippen LogP contribution in [0, 0.1) is 0 Å². The van der Waals surface area contributed by atoms with E-state index in [1.165, 1.54) is 0 Å². The molecule has 2 aromatic carbocycles. The molecule has 124 valence electrons. The van der Waals surface area contributed by atoms with Gasteiger partial charge in [0.25, 0.3) is 0 Å². The molecule has 8 heteroatoms. The van der Waals surface area contributed by atoms with Gasteiger partial charge in [-0.1, -0.05) is 12.1 Å². The number of aromatic nitrogens is 2. The van der Waals surface area contributed by atoms with E-state index in [-0.39, 0.29) is 10.9 Å². The fraction of sp³-hybridized carbons (Fsp3) is 0.250. The number of hydrogen-bond acceptors (Lipinski definition) is 6. The molecule has 6 nitrogen and oxygen atoms in total. The van der Waals surface area contributed by atoms with Gasteiger partial charge in [-0.15, -0.1) is 0 Å². The van der Waals surface area contributed by atoms with Crippen LogP contribution in [0.3, 0.4) is 0 Å². The highest BCUT2D eigenvalue weighted by atomic mass is 32.2. The highest BCUT2D eigenvalue weighted by Crippen LogP contribution is 2.32. The van der Waals surface area contributed by atoms with Crippen LogP contribution in [-0.4, -0.2) is 17.2 Å². The molecule has 1 aromatic heterocycles. The Balaban J connectivity index is 1.72. The number of fused-ring (bicyclic) bond motifs is 2. The fourth-order valence-corrected chi connectivity index (χ4v) is 5.22. The van der Waals surface area contributed by atoms with E-state index in [4.69, 9.17) is 5.73 Å². The molecule has 1 aliphatic rings. The van der Waals surface area contributed by atoms with E-state index in [2.05, 4.69) is 13.5 Å². The first-order valence-corrected chi connectivity index (χ1v) is 9.88. The van der Waals surface area contributed by atoms with Crippen molar-refractivity contribution < 1.29 is 8.42 Å². The van der Waals surface area contributed by atoms with Crippen molar-refractivity contribution in [3.63, 3.8) is 0 Å². The molecule has 1 aliphatic carbocycles. The summed E-state index contributed by atoms with van der Waals surface area (Å²) in [6.45, 7) is 0. The van der Waals surface area contributed by atoms with Crippen molar-refractivity contribution in [1.29, 1.82) is 0 Å². The molecule has 0 amide bonds. The lowest BCUT2D eigenvalue weighted by atomic mass is 9.88. The lowest BCUT2D eigenvalue weighted by Crippen LogP contribution is -2.31. The van der Waals surface area contributed by atoms with Crippen LogP contribution >= 0.6 is 11.7 Å². The molecule has 0 fully saturated rings. The maximum Gasteiger partial charge on any atom is 0.243 e.